The summed E-state index contributed by atoms with van der Waals surface area (Å²) in [6.07, 6.45) is -0.113. The molecule has 0 fully saturated rings. The highest BCUT2D eigenvalue weighted by Gasteiger charge is 2.16. The third-order valence-corrected chi connectivity index (χ3v) is 2.35. The van der Waals surface area contributed by atoms with Crippen LogP contribution < -0.4 is 10.1 Å². The Morgan fingerprint density at radius 2 is 1.86 bits per heavy atom. The van der Waals surface area contributed by atoms with Crippen molar-refractivity contribution in [1.29, 1.82) is 5.26 Å². The molecule has 0 aromatic heterocycles. The van der Waals surface area contributed by atoms with Gasteiger partial charge < -0.3 is 14.2 Å². The monoisotopic (exact) mass is 306 g/mol. The Bertz CT molecular complexity index is 500. The predicted octanol–water partition coefficient (Wildman–Crippen LogP) is 3.34. The first-order valence-corrected chi connectivity index (χ1v) is 7.08. The molecular weight excluding hydrogens is 284 g/mol. The molecule has 1 aromatic rings. The van der Waals surface area contributed by atoms with Crippen molar-refractivity contribution in [3.63, 3.8) is 0 Å². The van der Waals surface area contributed by atoms with Crippen molar-refractivity contribution in [2.24, 2.45) is 0 Å². The minimum Gasteiger partial charge on any atom is -0.491 e. The van der Waals surface area contributed by atoms with Gasteiger partial charge in [0.1, 0.15) is 18.0 Å². The van der Waals surface area contributed by atoms with Crippen LogP contribution in [0.25, 0.3) is 0 Å². The van der Waals surface area contributed by atoms with Gasteiger partial charge in [-0.3, -0.25) is 5.32 Å². The van der Waals surface area contributed by atoms with E-state index in [1.165, 1.54) is 0 Å². The zero-order valence-corrected chi connectivity index (χ0v) is 13.2. The van der Waals surface area contributed by atoms with Crippen LogP contribution in [0.4, 0.5) is 10.5 Å². The number of nitrogens with zero attached hydrogens (tertiary/aromatic N) is 1. The van der Waals surface area contributed by atoms with Crippen molar-refractivity contribution < 1.29 is 19.0 Å². The first-order valence-electron chi connectivity index (χ1n) is 7.08. The first-order chi connectivity index (χ1) is 10.4. The molecule has 0 saturated heterocycles. The van der Waals surface area contributed by atoms with Crippen molar-refractivity contribution in [2.75, 3.05) is 25.1 Å². The van der Waals surface area contributed by atoms with Crippen LogP contribution in [0, 0.1) is 11.3 Å². The van der Waals surface area contributed by atoms with Crippen LogP contribution in [0.15, 0.2) is 24.3 Å². The number of hydrogen-bond acceptors (Lipinski definition) is 5. The van der Waals surface area contributed by atoms with E-state index in [1.54, 1.807) is 24.3 Å². The summed E-state index contributed by atoms with van der Waals surface area (Å²) in [5.74, 6) is 0.679. The molecule has 0 saturated carbocycles. The van der Waals surface area contributed by atoms with Crippen LogP contribution in [0.1, 0.15) is 27.2 Å². The number of ether oxygens (including phenoxy) is 3. The Balaban J connectivity index is 2.31. The summed E-state index contributed by atoms with van der Waals surface area (Å²) in [4.78, 5) is 11.6. The summed E-state index contributed by atoms with van der Waals surface area (Å²) in [7, 11) is 0. The summed E-state index contributed by atoms with van der Waals surface area (Å²) >= 11 is 0. The topological polar surface area (TPSA) is 80.6 Å². The van der Waals surface area contributed by atoms with E-state index in [1.807, 2.05) is 26.8 Å². The summed E-state index contributed by atoms with van der Waals surface area (Å²) in [6, 6.07) is 8.97. The van der Waals surface area contributed by atoms with Crippen molar-refractivity contribution in [1.82, 2.24) is 0 Å². The predicted molar refractivity (Wildman–Crippen MR) is 82.8 cm³/mol. The van der Waals surface area contributed by atoms with Gasteiger partial charge in [-0.25, -0.2) is 4.79 Å². The number of nitrogens with one attached hydrogen (secondary N) is 1. The number of hydrogen-bond donors (Lipinski definition) is 1. The molecule has 6 nitrogen and oxygen atoms in total. The molecule has 22 heavy (non-hydrogen) atoms. The second-order valence-corrected chi connectivity index (χ2v) is 5.52. The fourth-order valence-electron chi connectivity index (χ4n) is 1.49. The number of carbonyl (C=O) groups excluding carboxylic acids is 1. The molecule has 0 aliphatic rings. The van der Waals surface area contributed by atoms with E-state index in [-0.39, 0.29) is 0 Å². The zero-order chi connectivity index (χ0) is 16.4. The van der Waals surface area contributed by atoms with E-state index >= 15 is 0 Å². The SMILES string of the molecule is CC(C)(C)OC(=O)Nc1ccc(OCCOCCC#N)cc1. The summed E-state index contributed by atoms with van der Waals surface area (Å²) in [5, 5.41) is 11.0. The Kier molecular flexibility index (Phi) is 7.20. The van der Waals surface area contributed by atoms with Gasteiger partial charge in [0, 0.05) is 5.69 Å². The average molecular weight is 306 g/mol. The average Bonchev–Trinajstić information content (AvgIpc) is 2.42. The van der Waals surface area contributed by atoms with Crippen LogP contribution in [0.2, 0.25) is 0 Å². The lowest BCUT2D eigenvalue weighted by molar-refractivity contribution is 0.0636. The van der Waals surface area contributed by atoms with Crippen LogP contribution in [-0.4, -0.2) is 31.5 Å². The minimum atomic E-state index is -0.529. The largest absolute Gasteiger partial charge is 0.491 e. The molecule has 0 unspecified atom stereocenters. The van der Waals surface area contributed by atoms with Gasteiger partial charge in [-0.1, -0.05) is 0 Å². The Labute approximate surface area is 131 Å². The number of nitriles is 1. The van der Waals surface area contributed by atoms with Gasteiger partial charge in [-0.2, -0.15) is 5.26 Å². The Morgan fingerprint density at radius 3 is 2.45 bits per heavy atom. The van der Waals surface area contributed by atoms with Crippen LogP contribution >= 0.6 is 0 Å². The van der Waals surface area contributed by atoms with E-state index in [0.717, 1.165) is 0 Å². The van der Waals surface area contributed by atoms with Crippen molar-refractivity contribution in [2.45, 2.75) is 32.8 Å². The standard InChI is InChI=1S/C16H22N2O4/c1-16(2,3)22-15(19)18-13-5-7-14(8-6-13)21-12-11-20-10-4-9-17/h5-8H,4,10-12H2,1-3H3,(H,18,19). The van der Waals surface area contributed by atoms with Gasteiger partial charge in [-0.05, 0) is 45.0 Å². The lowest BCUT2D eigenvalue weighted by Gasteiger charge is -2.19. The number of benzene rings is 1. The van der Waals surface area contributed by atoms with Gasteiger partial charge in [0.2, 0.25) is 0 Å². The molecule has 0 atom stereocenters. The zero-order valence-electron chi connectivity index (χ0n) is 13.2. The molecule has 0 heterocycles. The third kappa shape index (κ3) is 8.12. The molecule has 0 spiro atoms. The first kappa shape index (κ1) is 17.8. The molecule has 0 aliphatic carbocycles. The van der Waals surface area contributed by atoms with Gasteiger partial charge in [-0.15, -0.1) is 0 Å². The van der Waals surface area contributed by atoms with Crippen LogP contribution in [0.5, 0.6) is 5.75 Å². The van der Waals surface area contributed by atoms with E-state index in [2.05, 4.69) is 5.32 Å². The summed E-state index contributed by atoms with van der Waals surface area (Å²) in [6.45, 7) is 6.68. The molecule has 1 N–H and O–H groups in total. The maximum absolute atomic E-state index is 11.6. The highest BCUT2D eigenvalue weighted by molar-refractivity contribution is 5.84. The Morgan fingerprint density at radius 1 is 1.18 bits per heavy atom. The molecule has 1 amide bonds. The lowest BCUT2D eigenvalue weighted by Crippen LogP contribution is -2.27. The van der Waals surface area contributed by atoms with Crippen molar-refractivity contribution >= 4 is 11.8 Å². The van der Waals surface area contributed by atoms with E-state index in [9.17, 15) is 4.79 Å². The smallest absolute Gasteiger partial charge is 0.412 e. The summed E-state index contributed by atoms with van der Waals surface area (Å²) < 4.78 is 15.8. The maximum atomic E-state index is 11.6. The highest BCUT2D eigenvalue weighted by atomic mass is 16.6. The number of rotatable bonds is 7. The molecule has 0 radical (unpaired) electrons. The van der Waals surface area contributed by atoms with Gasteiger partial charge in [0.25, 0.3) is 0 Å². The maximum Gasteiger partial charge on any atom is 0.412 e. The second kappa shape index (κ2) is 8.90. The fraction of sp³-hybridized carbons (Fsp3) is 0.500. The minimum absolute atomic E-state index is 0.380. The van der Waals surface area contributed by atoms with E-state index < -0.39 is 11.7 Å². The fourth-order valence-corrected chi connectivity index (χ4v) is 1.49. The molecular formula is C16H22N2O4. The molecule has 1 rings (SSSR count). The summed E-state index contributed by atoms with van der Waals surface area (Å²) in [5.41, 5.74) is 0.102. The number of amides is 1. The molecule has 6 heteroatoms. The lowest BCUT2D eigenvalue weighted by atomic mass is 10.2. The van der Waals surface area contributed by atoms with Crippen LogP contribution in [0.3, 0.4) is 0 Å². The molecule has 0 aliphatic heterocycles. The third-order valence-electron chi connectivity index (χ3n) is 2.35. The Hall–Kier alpha value is -2.26. The van der Waals surface area contributed by atoms with E-state index in [0.29, 0.717) is 37.7 Å². The van der Waals surface area contributed by atoms with E-state index in [4.69, 9.17) is 19.5 Å². The number of anilines is 1. The molecule has 1 aromatic carbocycles. The second-order valence-electron chi connectivity index (χ2n) is 5.52. The van der Waals surface area contributed by atoms with Gasteiger partial charge in [0.05, 0.1) is 25.7 Å². The van der Waals surface area contributed by atoms with Crippen molar-refractivity contribution in [3.8, 4) is 11.8 Å². The molecule has 0 bridgehead atoms. The van der Waals surface area contributed by atoms with Gasteiger partial charge in [0.15, 0.2) is 0 Å². The van der Waals surface area contributed by atoms with Gasteiger partial charge >= 0.3 is 6.09 Å². The number of carbonyl (C=O) groups is 1. The van der Waals surface area contributed by atoms with Crippen LogP contribution in [-0.2, 0) is 9.47 Å². The normalized spacial score (nSPS) is 10.6. The highest BCUT2D eigenvalue weighted by Crippen LogP contribution is 2.17. The quantitative estimate of drug-likeness (QED) is 0.781. The molecule has 120 valence electrons. The van der Waals surface area contributed by atoms with Crippen molar-refractivity contribution in [3.05, 3.63) is 24.3 Å².